The fourth-order valence-electron chi connectivity index (χ4n) is 2.11. The highest BCUT2D eigenvalue weighted by Crippen LogP contribution is 2.25. The Labute approximate surface area is 141 Å². The van der Waals surface area contributed by atoms with Gasteiger partial charge < -0.3 is 19.0 Å². The van der Waals surface area contributed by atoms with Crippen LogP contribution < -0.4 is 9.62 Å². The van der Waals surface area contributed by atoms with Gasteiger partial charge in [-0.2, -0.15) is 4.72 Å². The maximum absolute atomic E-state index is 12.2. The summed E-state index contributed by atoms with van der Waals surface area (Å²) in [6, 6.07) is 8.43. The molecular formula is C16H15N3O4S. The van der Waals surface area contributed by atoms with Gasteiger partial charge in [-0.05, 0) is 18.2 Å². The summed E-state index contributed by atoms with van der Waals surface area (Å²) in [7, 11) is 3.81. The smallest absolute Gasteiger partial charge is 0.328 e. The number of hydrogen-bond donors (Lipinski definition) is 2. The van der Waals surface area contributed by atoms with Crippen molar-refractivity contribution < 1.29 is 18.9 Å². The number of nitrogens with zero attached hydrogens (tertiary/aromatic N) is 2. The molecule has 8 heteroatoms. The number of benzene rings is 1. The molecule has 2 heterocycles. The summed E-state index contributed by atoms with van der Waals surface area (Å²) in [6.07, 6.45) is 2.59. The number of carbonyl (C=O) groups is 1. The van der Waals surface area contributed by atoms with E-state index in [1.807, 2.05) is 37.2 Å². The fraction of sp³-hybridized carbons (Fsp3) is 0.125. The molecule has 0 bridgehead atoms. The summed E-state index contributed by atoms with van der Waals surface area (Å²) >= 11 is -1.94. The molecule has 2 aromatic heterocycles. The number of aromatic hydroxyl groups is 1. The second-order valence-electron chi connectivity index (χ2n) is 5.27. The highest BCUT2D eigenvalue weighted by molar-refractivity contribution is 7.90. The predicted octanol–water partition coefficient (Wildman–Crippen LogP) is 2.05. The monoisotopic (exact) mass is 345 g/mol. The number of rotatable bonds is 4. The van der Waals surface area contributed by atoms with Crippen molar-refractivity contribution in [2.45, 2.75) is 4.90 Å². The fourth-order valence-corrected chi connectivity index (χ4v) is 2.91. The van der Waals surface area contributed by atoms with Crippen LogP contribution >= 0.6 is 0 Å². The van der Waals surface area contributed by atoms with Crippen molar-refractivity contribution in [1.82, 2.24) is 9.71 Å². The third kappa shape index (κ3) is 3.15. The van der Waals surface area contributed by atoms with Crippen LogP contribution in [0.1, 0.15) is 10.6 Å². The van der Waals surface area contributed by atoms with Gasteiger partial charge in [0.25, 0.3) is 0 Å². The van der Waals surface area contributed by atoms with E-state index in [0.717, 1.165) is 11.1 Å². The molecule has 0 aliphatic heterocycles. The van der Waals surface area contributed by atoms with E-state index in [0.29, 0.717) is 5.58 Å². The van der Waals surface area contributed by atoms with Crippen molar-refractivity contribution in [2.24, 2.45) is 0 Å². The molecule has 0 fully saturated rings. The summed E-state index contributed by atoms with van der Waals surface area (Å²) in [5.74, 6) is -0.805. The number of amides is 1. The van der Waals surface area contributed by atoms with Gasteiger partial charge in [-0.3, -0.25) is 9.78 Å². The predicted molar refractivity (Wildman–Crippen MR) is 90.3 cm³/mol. The highest BCUT2D eigenvalue weighted by Gasteiger charge is 2.23. The number of anilines is 1. The number of fused-ring (bicyclic) bond motifs is 1. The number of hydrogen-bond acceptors (Lipinski definition) is 6. The highest BCUT2D eigenvalue weighted by atomic mass is 32.2. The Balaban J connectivity index is 1.82. The Kier molecular flexibility index (Phi) is 4.32. The summed E-state index contributed by atoms with van der Waals surface area (Å²) in [4.78, 5) is 17.9. The van der Waals surface area contributed by atoms with Crippen LogP contribution in [0.25, 0.3) is 11.0 Å². The first-order chi connectivity index (χ1) is 11.5. The molecule has 124 valence electrons. The van der Waals surface area contributed by atoms with Gasteiger partial charge in [0, 0.05) is 43.5 Å². The van der Waals surface area contributed by atoms with E-state index in [-0.39, 0.29) is 16.4 Å². The Hall–Kier alpha value is -2.71. The minimum atomic E-state index is -1.94. The van der Waals surface area contributed by atoms with Gasteiger partial charge in [0.05, 0.1) is 6.20 Å². The molecule has 1 unspecified atom stereocenters. The third-order valence-electron chi connectivity index (χ3n) is 3.39. The average Bonchev–Trinajstić information content (AvgIpc) is 2.98. The molecular weight excluding hydrogens is 330 g/mol. The Bertz CT molecular complexity index is 894. The normalized spacial score (nSPS) is 12.1. The zero-order valence-electron chi connectivity index (χ0n) is 13.0. The molecule has 0 saturated carbocycles. The molecule has 3 rings (SSSR count). The van der Waals surface area contributed by atoms with Crippen molar-refractivity contribution in [3.8, 4) is 5.75 Å². The van der Waals surface area contributed by atoms with Crippen LogP contribution in [0.5, 0.6) is 5.75 Å². The van der Waals surface area contributed by atoms with Gasteiger partial charge in [0.15, 0.2) is 11.5 Å². The molecule has 1 atom stereocenters. The Morgan fingerprint density at radius 2 is 2.12 bits per heavy atom. The number of pyridine rings is 1. The second-order valence-corrected chi connectivity index (χ2v) is 6.45. The minimum absolute atomic E-state index is 0.0249. The molecule has 0 aliphatic carbocycles. The summed E-state index contributed by atoms with van der Waals surface area (Å²) < 4.78 is 20.0. The van der Waals surface area contributed by atoms with Gasteiger partial charge in [-0.1, -0.05) is 0 Å². The van der Waals surface area contributed by atoms with Gasteiger partial charge in [0.1, 0.15) is 16.9 Å². The second kappa shape index (κ2) is 6.42. The van der Waals surface area contributed by atoms with E-state index in [9.17, 15) is 14.5 Å². The molecule has 0 radical (unpaired) electrons. The standard InChI is InChI=1S/C16H15N3O4S/c1-19(2)11-4-3-10-7-14(23-13(10)8-11)16(21)18-24(22)15-9-17-6-5-12(15)20/h3-9H,1-2H3,(H,17,20)(H,18,21). The minimum Gasteiger partial charge on any atom is -0.588 e. The lowest BCUT2D eigenvalue weighted by molar-refractivity contribution is 0.0956. The molecule has 1 amide bonds. The quantitative estimate of drug-likeness (QED) is 0.702. The van der Waals surface area contributed by atoms with E-state index < -0.39 is 17.3 Å². The van der Waals surface area contributed by atoms with Crippen LogP contribution in [-0.4, -0.2) is 34.6 Å². The van der Waals surface area contributed by atoms with Crippen LogP contribution in [0.3, 0.4) is 0 Å². The van der Waals surface area contributed by atoms with Gasteiger partial charge >= 0.3 is 5.91 Å². The first-order valence-corrected chi connectivity index (χ1v) is 8.17. The third-order valence-corrected chi connectivity index (χ3v) is 4.48. The van der Waals surface area contributed by atoms with Crippen molar-refractivity contribution >= 4 is 33.9 Å². The largest absolute Gasteiger partial charge is 0.588 e. The molecule has 24 heavy (non-hydrogen) atoms. The van der Waals surface area contributed by atoms with Crippen LogP contribution in [0.15, 0.2) is 52.0 Å². The van der Waals surface area contributed by atoms with Crippen LogP contribution in [0.4, 0.5) is 5.69 Å². The molecule has 0 spiro atoms. The van der Waals surface area contributed by atoms with Gasteiger partial charge in [-0.25, -0.2) is 0 Å². The lowest BCUT2D eigenvalue weighted by Gasteiger charge is -2.11. The van der Waals surface area contributed by atoms with Gasteiger partial charge in [-0.15, -0.1) is 0 Å². The summed E-state index contributed by atoms with van der Waals surface area (Å²) in [6.45, 7) is 0. The van der Waals surface area contributed by atoms with Crippen LogP contribution in [0, 0.1) is 0 Å². The molecule has 0 saturated heterocycles. The van der Waals surface area contributed by atoms with E-state index in [1.165, 1.54) is 18.5 Å². The van der Waals surface area contributed by atoms with E-state index in [4.69, 9.17) is 4.42 Å². The van der Waals surface area contributed by atoms with Crippen molar-refractivity contribution in [2.75, 3.05) is 19.0 Å². The van der Waals surface area contributed by atoms with Crippen molar-refractivity contribution in [1.29, 1.82) is 0 Å². The maximum Gasteiger partial charge on any atom is 0.328 e. The Morgan fingerprint density at radius 3 is 2.83 bits per heavy atom. The zero-order valence-corrected chi connectivity index (χ0v) is 13.8. The molecule has 2 N–H and O–H groups in total. The molecule has 1 aromatic carbocycles. The molecule has 3 aromatic rings. The first-order valence-electron chi connectivity index (χ1n) is 7.02. The SMILES string of the molecule is CN(C)c1ccc2cc(C(=O)N[S+]([O-])c3cnccc3O)oc2c1. The topological polar surface area (TPSA) is 102 Å². The van der Waals surface area contributed by atoms with Crippen molar-refractivity contribution in [3.05, 3.63) is 48.5 Å². The van der Waals surface area contributed by atoms with E-state index in [2.05, 4.69) is 9.71 Å². The van der Waals surface area contributed by atoms with Gasteiger partial charge in [0.2, 0.25) is 4.90 Å². The summed E-state index contributed by atoms with van der Waals surface area (Å²) in [5, 5.41) is 10.4. The number of aromatic nitrogens is 1. The van der Waals surface area contributed by atoms with Crippen LogP contribution in [-0.2, 0) is 11.4 Å². The lowest BCUT2D eigenvalue weighted by atomic mass is 10.2. The first kappa shape index (κ1) is 16.2. The molecule has 0 aliphatic rings. The lowest BCUT2D eigenvalue weighted by Crippen LogP contribution is -2.30. The van der Waals surface area contributed by atoms with E-state index in [1.54, 1.807) is 6.07 Å². The average molecular weight is 345 g/mol. The zero-order chi connectivity index (χ0) is 17.3. The number of carbonyl (C=O) groups excluding carboxylic acids is 1. The Morgan fingerprint density at radius 1 is 1.33 bits per heavy atom. The maximum atomic E-state index is 12.2. The van der Waals surface area contributed by atoms with Crippen molar-refractivity contribution in [3.63, 3.8) is 0 Å². The summed E-state index contributed by atoms with van der Waals surface area (Å²) in [5.41, 5.74) is 1.49. The number of nitrogens with one attached hydrogen (secondary N) is 1. The van der Waals surface area contributed by atoms with E-state index >= 15 is 0 Å². The van der Waals surface area contributed by atoms with Crippen LogP contribution in [0.2, 0.25) is 0 Å². The number of furan rings is 1. The molecule has 7 nitrogen and oxygen atoms in total.